The second-order valence-corrected chi connectivity index (χ2v) is 9.09. The summed E-state index contributed by atoms with van der Waals surface area (Å²) in [6.07, 6.45) is 0.883. The lowest BCUT2D eigenvalue weighted by Crippen LogP contribution is -2.33. The van der Waals surface area contributed by atoms with Crippen molar-refractivity contribution in [1.82, 2.24) is 9.88 Å². The lowest BCUT2D eigenvalue weighted by atomic mass is 10.1. The molecule has 0 N–H and O–H groups in total. The predicted octanol–water partition coefficient (Wildman–Crippen LogP) is 4.72. The van der Waals surface area contributed by atoms with E-state index >= 15 is 0 Å². The largest absolute Gasteiger partial charge is 0.378 e. The summed E-state index contributed by atoms with van der Waals surface area (Å²) in [4.78, 5) is 24.0. The van der Waals surface area contributed by atoms with Crippen molar-refractivity contribution >= 4 is 54.2 Å². The van der Waals surface area contributed by atoms with Crippen LogP contribution in [-0.4, -0.2) is 57.1 Å². The van der Waals surface area contributed by atoms with Gasteiger partial charge in [0.1, 0.15) is 0 Å². The molecule has 3 aromatic rings. The van der Waals surface area contributed by atoms with Gasteiger partial charge < -0.3 is 9.80 Å². The summed E-state index contributed by atoms with van der Waals surface area (Å²) in [5.74, 6) is -0.0119. The fraction of sp³-hybridized carbons (Fsp3) is 0.333. The second kappa shape index (κ2) is 9.03. The van der Waals surface area contributed by atoms with Gasteiger partial charge in [-0.25, -0.2) is 4.98 Å². The van der Waals surface area contributed by atoms with Gasteiger partial charge in [0.25, 0.3) is 5.91 Å². The average molecular weight is 461 g/mol. The Bertz CT molecular complexity index is 953. The molecule has 5 nitrogen and oxygen atoms in total. The Hall–Kier alpha value is -1.96. The van der Waals surface area contributed by atoms with E-state index in [1.807, 2.05) is 80.5 Å². The molecule has 3 rings (SSSR count). The second-order valence-electron chi connectivity index (χ2n) is 7.16. The molecular formula is C21H25BrN4OS. The monoisotopic (exact) mass is 460 g/mol. The van der Waals surface area contributed by atoms with Crippen LogP contribution in [-0.2, 0) is 0 Å². The first-order valence-electron chi connectivity index (χ1n) is 9.15. The molecule has 0 unspecified atom stereocenters. The summed E-state index contributed by atoms with van der Waals surface area (Å²) >= 11 is 5.06. The van der Waals surface area contributed by atoms with E-state index in [2.05, 4.69) is 20.8 Å². The number of aromatic nitrogens is 1. The molecule has 148 valence electrons. The summed E-state index contributed by atoms with van der Waals surface area (Å²) < 4.78 is 2.08. The maximum absolute atomic E-state index is 13.3. The quantitative estimate of drug-likeness (QED) is 0.511. The third kappa shape index (κ3) is 4.90. The highest BCUT2D eigenvalue weighted by atomic mass is 79.9. The lowest BCUT2D eigenvalue weighted by Gasteiger charge is -2.21. The molecule has 0 fully saturated rings. The van der Waals surface area contributed by atoms with Crippen LogP contribution in [0.15, 0.2) is 46.9 Å². The number of anilines is 2. The highest BCUT2D eigenvalue weighted by molar-refractivity contribution is 9.10. The Morgan fingerprint density at radius 1 is 1.04 bits per heavy atom. The Morgan fingerprint density at radius 3 is 2.39 bits per heavy atom. The summed E-state index contributed by atoms with van der Waals surface area (Å²) in [5, 5.41) is 0.744. The van der Waals surface area contributed by atoms with Gasteiger partial charge in [-0.15, -0.1) is 0 Å². The van der Waals surface area contributed by atoms with Crippen LogP contribution in [0.4, 0.5) is 10.8 Å². The van der Waals surface area contributed by atoms with Gasteiger partial charge in [0.05, 0.1) is 10.2 Å². The summed E-state index contributed by atoms with van der Waals surface area (Å²) in [7, 11) is 8.07. The van der Waals surface area contributed by atoms with E-state index in [0.29, 0.717) is 12.1 Å². The first-order chi connectivity index (χ1) is 13.3. The number of rotatable bonds is 7. The fourth-order valence-electron chi connectivity index (χ4n) is 2.89. The number of benzene rings is 2. The van der Waals surface area contributed by atoms with Gasteiger partial charge in [-0.1, -0.05) is 27.3 Å². The molecule has 0 aliphatic heterocycles. The first kappa shape index (κ1) is 20.8. The number of thiazole rings is 1. The number of carbonyl (C=O) groups is 1. The molecule has 0 saturated carbocycles. The smallest absolute Gasteiger partial charge is 0.260 e. The summed E-state index contributed by atoms with van der Waals surface area (Å²) in [6.45, 7) is 1.55. The number of halogens is 1. The zero-order chi connectivity index (χ0) is 20.3. The van der Waals surface area contributed by atoms with E-state index in [1.54, 1.807) is 11.3 Å². The SMILES string of the molecule is CN(C)CCCN(C(=O)c1ccc(N(C)C)cc1)c1nc2ccc(Br)cc2s1. The molecule has 1 heterocycles. The van der Waals surface area contributed by atoms with E-state index in [1.165, 1.54) is 0 Å². The molecule has 7 heteroatoms. The molecule has 1 amide bonds. The van der Waals surface area contributed by atoms with Crippen molar-refractivity contribution in [1.29, 1.82) is 0 Å². The Morgan fingerprint density at radius 2 is 1.75 bits per heavy atom. The molecule has 28 heavy (non-hydrogen) atoms. The zero-order valence-electron chi connectivity index (χ0n) is 16.6. The number of nitrogens with zero attached hydrogens (tertiary/aromatic N) is 4. The van der Waals surface area contributed by atoms with E-state index < -0.39 is 0 Å². The van der Waals surface area contributed by atoms with Gasteiger partial charge in [-0.3, -0.25) is 9.69 Å². The van der Waals surface area contributed by atoms with E-state index in [-0.39, 0.29) is 5.91 Å². The van der Waals surface area contributed by atoms with Crippen LogP contribution in [0.5, 0.6) is 0 Å². The molecule has 0 bridgehead atoms. The van der Waals surface area contributed by atoms with Gasteiger partial charge in [-0.2, -0.15) is 0 Å². The zero-order valence-corrected chi connectivity index (χ0v) is 19.0. The number of hydrogen-bond acceptors (Lipinski definition) is 5. The van der Waals surface area contributed by atoms with E-state index in [0.717, 1.165) is 38.5 Å². The number of fused-ring (bicyclic) bond motifs is 1. The molecule has 0 aliphatic rings. The maximum atomic E-state index is 13.3. The standard InChI is InChI=1S/C21H25BrN4OS/c1-24(2)12-5-13-26(20(27)15-6-9-17(10-7-15)25(3)4)21-23-18-11-8-16(22)14-19(18)28-21/h6-11,14H,5,12-13H2,1-4H3. The van der Waals surface area contributed by atoms with Crippen molar-refractivity contribution in [3.8, 4) is 0 Å². The first-order valence-corrected chi connectivity index (χ1v) is 10.8. The van der Waals surface area contributed by atoms with Crippen LogP contribution < -0.4 is 9.80 Å². The number of carbonyl (C=O) groups excluding carboxylic acids is 1. The number of amides is 1. The van der Waals surface area contributed by atoms with Gasteiger partial charge in [0.15, 0.2) is 5.13 Å². The van der Waals surface area contributed by atoms with Crippen LogP contribution in [0.25, 0.3) is 10.2 Å². The van der Waals surface area contributed by atoms with Crippen molar-refractivity contribution in [3.63, 3.8) is 0 Å². The van der Waals surface area contributed by atoms with Crippen molar-refractivity contribution in [2.45, 2.75) is 6.42 Å². The minimum atomic E-state index is -0.0119. The third-order valence-electron chi connectivity index (χ3n) is 4.43. The van der Waals surface area contributed by atoms with Crippen molar-refractivity contribution < 1.29 is 4.79 Å². The van der Waals surface area contributed by atoms with Crippen LogP contribution in [0.3, 0.4) is 0 Å². The minimum absolute atomic E-state index is 0.0119. The lowest BCUT2D eigenvalue weighted by molar-refractivity contribution is 0.0986. The van der Waals surface area contributed by atoms with Crippen molar-refractivity contribution in [2.24, 2.45) is 0 Å². The Labute approximate surface area is 178 Å². The van der Waals surface area contributed by atoms with E-state index in [4.69, 9.17) is 4.98 Å². The van der Waals surface area contributed by atoms with Crippen LogP contribution in [0.2, 0.25) is 0 Å². The highest BCUT2D eigenvalue weighted by Crippen LogP contribution is 2.32. The summed E-state index contributed by atoms with van der Waals surface area (Å²) in [6, 6.07) is 13.7. The summed E-state index contributed by atoms with van der Waals surface area (Å²) in [5.41, 5.74) is 2.66. The van der Waals surface area contributed by atoms with Gasteiger partial charge in [0.2, 0.25) is 0 Å². The molecular weight excluding hydrogens is 436 g/mol. The van der Waals surface area contributed by atoms with Crippen LogP contribution in [0.1, 0.15) is 16.8 Å². The molecule has 1 aromatic heterocycles. The fourth-order valence-corrected chi connectivity index (χ4v) is 4.43. The van der Waals surface area contributed by atoms with Gasteiger partial charge in [-0.05, 0) is 69.5 Å². The third-order valence-corrected chi connectivity index (χ3v) is 5.97. The van der Waals surface area contributed by atoms with Crippen molar-refractivity contribution in [3.05, 3.63) is 52.5 Å². The molecule has 0 spiro atoms. The van der Waals surface area contributed by atoms with Crippen LogP contribution in [0, 0.1) is 0 Å². The molecule has 0 saturated heterocycles. The molecule has 2 aromatic carbocycles. The topological polar surface area (TPSA) is 39.7 Å². The average Bonchev–Trinajstić information content (AvgIpc) is 3.07. The van der Waals surface area contributed by atoms with Crippen LogP contribution >= 0.6 is 27.3 Å². The maximum Gasteiger partial charge on any atom is 0.260 e. The highest BCUT2D eigenvalue weighted by Gasteiger charge is 2.21. The minimum Gasteiger partial charge on any atom is -0.378 e. The normalized spacial score (nSPS) is 11.2. The molecule has 0 aliphatic carbocycles. The molecule has 0 radical (unpaired) electrons. The van der Waals surface area contributed by atoms with Gasteiger partial charge >= 0.3 is 0 Å². The number of hydrogen-bond donors (Lipinski definition) is 0. The Kier molecular flexibility index (Phi) is 6.69. The predicted molar refractivity (Wildman–Crippen MR) is 123 cm³/mol. The van der Waals surface area contributed by atoms with Gasteiger partial charge in [0, 0.05) is 36.4 Å². The van der Waals surface area contributed by atoms with E-state index in [9.17, 15) is 4.79 Å². The Balaban J connectivity index is 1.91. The molecule has 0 atom stereocenters. The van der Waals surface area contributed by atoms with Crippen molar-refractivity contribution in [2.75, 3.05) is 51.1 Å².